The summed E-state index contributed by atoms with van der Waals surface area (Å²) < 4.78 is 32.6. The van der Waals surface area contributed by atoms with Gasteiger partial charge in [-0.25, -0.2) is 8.42 Å². The molecule has 1 saturated heterocycles. The second kappa shape index (κ2) is 9.45. The fraction of sp³-hybridized carbons (Fsp3) is 0.350. The zero-order valence-electron chi connectivity index (χ0n) is 16.0. The van der Waals surface area contributed by atoms with E-state index in [1.807, 2.05) is 0 Å². The number of rotatable bonds is 6. The van der Waals surface area contributed by atoms with Crippen molar-refractivity contribution in [3.63, 3.8) is 0 Å². The predicted octanol–water partition coefficient (Wildman–Crippen LogP) is 3.30. The molecule has 156 valence electrons. The fourth-order valence-electron chi connectivity index (χ4n) is 3.12. The molecule has 1 aliphatic heterocycles. The first kappa shape index (κ1) is 22.1. The summed E-state index contributed by atoms with van der Waals surface area (Å²) in [5.74, 6) is -0.355. The van der Waals surface area contributed by atoms with Crippen LogP contribution < -0.4 is 5.32 Å². The van der Waals surface area contributed by atoms with E-state index in [0.29, 0.717) is 54.9 Å². The molecule has 2 aromatic carbocycles. The summed E-state index contributed by atoms with van der Waals surface area (Å²) in [5, 5.41) is 3.88. The van der Waals surface area contributed by atoms with Crippen LogP contribution in [0.4, 0.5) is 0 Å². The molecule has 0 saturated carbocycles. The fourth-order valence-corrected chi connectivity index (χ4v) is 5.36. The Balaban J connectivity index is 1.72. The van der Waals surface area contributed by atoms with Crippen LogP contribution in [0.1, 0.15) is 21.5 Å². The van der Waals surface area contributed by atoms with Crippen LogP contribution in [0.25, 0.3) is 0 Å². The van der Waals surface area contributed by atoms with E-state index in [1.165, 1.54) is 10.4 Å². The maximum atomic E-state index is 13.0. The highest BCUT2D eigenvalue weighted by molar-refractivity contribution is 7.89. The van der Waals surface area contributed by atoms with E-state index < -0.39 is 10.0 Å². The lowest BCUT2D eigenvalue weighted by molar-refractivity contribution is 0.0730. The van der Waals surface area contributed by atoms with Crippen LogP contribution in [0.2, 0.25) is 10.0 Å². The van der Waals surface area contributed by atoms with Crippen LogP contribution >= 0.6 is 23.2 Å². The van der Waals surface area contributed by atoms with Crippen molar-refractivity contribution in [3.05, 3.63) is 63.1 Å². The number of morpholine rings is 1. The Labute approximate surface area is 180 Å². The van der Waals surface area contributed by atoms with Gasteiger partial charge < -0.3 is 10.1 Å². The third-order valence-corrected chi connectivity index (χ3v) is 7.51. The molecule has 1 amide bonds. The maximum Gasteiger partial charge on any atom is 0.251 e. The Hall–Kier alpha value is -1.64. The van der Waals surface area contributed by atoms with Gasteiger partial charge in [0.2, 0.25) is 10.0 Å². The van der Waals surface area contributed by atoms with Gasteiger partial charge in [0.1, 0.15) is 0 Å². The highest BCUT2D eigenvalue weighted by atomic mass is 35.5. The van der Waals surface area contributed by atoms with E-state index in [1.54, 1.807) is 37.3 Å². The van der Waals surface area contributed by atoms with Gasteiger partial charge in [-0.2, -0.15) is 4.31 Å². The second-order valence-corrected chi connectivity index (χ2v) is 9.42. The number of carbonyl (C=O) groups excluding carboxylic acids is 1. The number of carbonyl (C=O) groups is 1. The van der Waals surface area contributed by atoms with Gasteiger partial charge in [-0.15, -0.1) is 0 Å². The molecule has 9 heteroatoms. The number of halogens is 2. The molecule has 0 atom stereocenters. The molecule has 2 aromatic rings. The molecular formula is C20H22Cl2N2O4S. The molecule has 0 radical (unpaired) electrons. The molecule has 0 aliphatic carbocycles. The van der Waals surface area contributed by atoms with Crippen molar-refractivity contribution >= 4 is 39.1 Å². The molecule has 3 rings (SSSR count). The van der Waals surface area contributed by atoms with Gasteiger partial charge in [0.15, 0.2) is 0 Å². The summed E-state index contributed by atoms with van der Waals surface area (Å²) in [4.78, 5) is 12.7. The van der Waals surface area contributed by atoms with Crippen LogP contribution in [0, 0.1) is 6.92 Å². The summed E-state index contributed by atoms with van der Waals surface area (Å²) in [5.41, 5.74) is 1.64. The second-order valence-electron chi connectivity index (χ2n) is 6.70. The van der Waals surface area contributed by atoms with Crippen molar-refractivity contribution in [2.24, 2.45) is 0 Å². The number of nitrogens with one attached hydrogen (secondary N) is 1. The quantitative estimate of drug-likeness (QED) is 0.723. The minimum atomic E-state index is -3.69. The number of sulfonamides is 1. The summed E-state index contributed by atoms with van der Waals surface area (Å²) in [7, 11) is -3.69. The topological polar surface area (TPSA) is 75.7 Å². The molecule has 0 unspecified atom stereocenters. The van der Waals surface area contributed by atoms with Crippen molar-refractivity contribution in [1.82, 2.24) is 9.62 Å². The van der Waals surface area contributed by atoms with Gasteiger partial charge in [-0.05, 0) is 48.7 Å². The molecule has 6 nitrogen and oxygen atoms in total. The molecule has 1 heterocycles. The van der Waals surface area contributed by atoms with E-state index in [2.05, 4.69) is 5.32 Å². The van der Waals surface area contributed by atoms with Crippen molar-refractivity contribution in [2.75, 3.05) is 32.8 Å². The zero-order chi connectivity index (χ0) is 21.0. The molecule has 0 aromatic heterocycles. The highest BCUT2D eigenvalue weighted by Crippen LogP contribution is 2.25. The van der Waals surface area contributed by atoms with Gasteiger partial charge in [-0.1, -0.05) is 35.3 Å². The number of hydrogen-bond donors (Lipinski definition) is 1. The van der Waals surface area contributed by atoms with Crippen molar-refractivity contribution in [3.8, 4) is 0 Å². The number of amides is 1. The number of hydrogen-bond acceptors (Lipinski definition) is 4. The average Bonchev–Trinajstić information content (AvgIpc) is 2.71. The Bertz CT molecular complexity index is 985. The standard InChI is InChI=1S/C20H22Cl2N2O4S/c1-14-5-6-15(13-19(14)29(26,27)24-9-11-28-12-10-24)20(25)23-8-7-16-17(21)3-2-4-18(16)22/h2-6,13H,7-12H2,1H3,(H,23,25). The molecular weight excluding hydrogens is 435 g/mol. The van der Waals surface area contributed by atoms with E-state index in [0.717, 1.165) is 5.56 Å². The summed E-state index contributed by atoms with van der Waals surface area (Å²) >= 11 is 12.3. The highest BCUT2D eigenvalue weighted by Gasteiger charge is 2.28. The zero-order valence-corrected chi connectivity index (χ0v) is 18.3. The lowest BCUT2D eigenvalue weighted by Crippen LogP contribution is -2.41. The number of nitrogens with zero attached hydrogens (tertiary/aromatic N) is 1. The van der Waals surface area contributed by atoms with Crippen molar-refractivity contribution in [2.45, 2.75) is 18.2 Å². The van der Waals surface area contributed by atoms with Gasteiger partial charge in [-0.3, -0.25) is 4.79 Å². The molecule has 0 bridgehead atoms. The van der Waals surface area contributed by atoms with Gasteiger partial charge >= 0.3 is 0 Å². The third kappa shape index (κ3) is 5.10. The Morgan fingerprint density at radius 3 is 2.45 bits per heavy atom. The lowest BCUT2D eigenvalue weighted by Gasteiger charge is -2.26. The first-order valence-electron chi connectivity index (χ1n) is 9.20. The Kier molecular flexibility index (Phi) is 7.19. The smallest absolute Gasteiger partial charge is 0.251 e. The first-order chi connectivity index (χ1) is 13.8. The molecule has 1 aliphatic rings. The van der Waals surface area contributed by atoms with Crippen molar-refractivity contribution in [1.29, 1.82) is 0 Å². The molecule has 29 heavy (non-hydrogen) atoms. The van der Waals surface area contributed by atoms with Crippen LogP contribution in [-0.2, 0) is 21.2 Å². The van der Waals surface area contributed by atoms with Crippen LogP contribution in [0.3, 0.4) is 0 Å². The minimum Gasteiger partial charge on any atom is -0.379 e. The summed E-state index contributed by atoms with van der Waals surface area (Å²) in [6.45, 7) is 3.37. The van der Waals surface area contributed by atoms with E-state index >= 15 is 0 Å². The lowest BCUT2D eigenvalue weighted by atomic mass is 10.1. The molecule has 1 fully saturated rings. The first-order valence-corrected chi connectivity index (χ1v) is 11.4. The SMILES string of the molecule is Cc1ccc(C(=O)NCCc2c(Cl)cccc2Cl)cc1S(=O)(=O)N1CCOCC1. The third-order valence-electron chi connectivity index (χ3n) is 4.76. The maximum absolute atomic E-state index is 13.0. The van der Waals surface area contributed by atoms with Gasteiger partial charge in [0, 0.05) is 35.2 Å². The summed E-state index contributed by atoms with van der Waals surface area (Å²) in [6, 6.07) is 9.94. The molecule has 0 spiro atoms. The molecule has 1 N–H and O–H groups in total. The number of ether oxygens (including phenoxy) is 1. The van der Waals surface area contributed by atoms with Gasteiger partial charge in [0.05, 0.1) is 18.1 Å². The van der Waals surface area contributed by atoms with Gasteiger partial charge in [0.25, 0.3) is 5.91 Å². The largest absolute Gasteiger partial charge is 0.379 e. The Morgan fingerprint density at radius 1 is 1.14 bits per heavy atom. The van der Waals surface area contributed by atoms with Crippen LogP contribution in [0.5, 0.6) is 0 Å². The van der Waals surface area contributed by atoms with Crippen LogP contribution in [-0.4, -0.2) is 51.5 Å². The number of benzene rings is 2. The van der Waals surface area contributed by atoms with E-state index in [9.17, 15) is 13.2 Å². The van der Waals surface area contributed by atoms with E-state index in [-0.39, 0.29) is 16.4 Å². The normalized spacial score (nSPS) is 15.3. The predicted molar refractivity (Wildman–Crippen MR) is 113 cm³/mol. The minimum absolute atomic E-state index is 0.140. The van der Waals surface area contributed by atoms with Crippen LogP contribution in [0.15, 0.2) is 41.3 Å². The van der Waals surface area contributed by atoms with E-state index in [4.69, 9.17) is 27.9 Å². The summed E-state index contributed by atoms with van der Waals surface area (Å²) in [6.07, 6.45) is 0.467. The average molecular weight is 457 g/mol. The monoisotopic (exact) mass is 456 g/mol. The number of aryl methyl sites for hydroxylation is 1. The van der Waals surface area contributed by atoms with Crippen molar-refractivity contribution < 1.29 is 17.9 Å². The Morgan fingerprint density at radius 2 is 1.79 bits per heavy atom.